The number of hydrogen-bond donors (Lipinski definition) is 1. The van der Waals surface area contributed by atoms with Gasteiger partial charge < -0.3 is 10.2 Å². The number of nitrogens with zero attached hydrogens (tertiary/aromatic N) is 2. The first-order chi connectivity index (χ1) is 16.2. The lowest BCUT2D eigenvalue weighted by molar-refractivity contribution is -0.141. The first kappa shape index (κ1) is 27.5. The molecule has 34 heavy (non-hydrogen) atoms. The van der Waals surface area contributed by atoms with E-state index in [-0.39, 0.29) is 35.7 Å². The van der Waals surface area contributed by atoms with Gasteiger partial charge in [-0.1, -0.05) is 62.4 Å². The average molecular weight is 488 g/mol. The van der Waals surface area contributed by atoms with E-state index in [1.165, 1.54) is 11.4 Å². The van der Waals surface area contributed by atoms with Gasteiger partial charge in [-0.2, -0.15) is 0 Å². The third kappa shape index (κ3) is 7.67. The van der Waals surface area contributed by atoms with E-state index < -0.39 is 16.1 Å². The van der Waals surface area contributed by atoms with Gasteiger partial charge in [0, 0.05) is 32.6 Å². The van der Waals surface area contributed by atoms with E-state index in [0.29, 0.717) is 19.4 Å². The molecule has 0 saturated heterocycles. The molecule has 2 amide bonds. The Morgan fingerprint density at radius 3 is 2.09 bits per heavy atom. The summed E-state index contributed by atoms with van der Waals surface area (Å²) in [6, 6.07) is 17.2. The van der Waals surface area contributed by atoms with Gasteiger partial charge in [-0.3, -0.25) is 9.59 Å². The summed E-state index contributed by atoms with van der Waals surface area (Å²) in [7, 11) is -2.10. The lowest BCUT2D eigenvalue weighted by Crippen LogP contribution is -2.50. The molecule has 2 aromatic rings. The van der Waals surface area contributed by atoms with Crippen molar-refractivity contribution in [3.8, 4) is 0 Å². The van der Waals surface area contributed by atoms with Gasteiger partial charge in [0.05, 0.1) is 4.90 Å². The maximum absolute atomic E-state index is 13.3. The fourth-order valence-electron chi connectivity index (χ4n) is 3.63. The second-order valence-electron chi connectivity index (χ2n) is 8.49. The molecule has 0 saturated carbocycles. The fourth-order valence-corrected chi connectivity index (χ4v) is 4.86. The number of hydrogen-bond acceptors (Lipinski definition) is 4. The van der Waals surface area contributed by atoms with Crippen LogP contribution in [0.2, 0.25) is 0 Å². The van der Waals surface area contributed by atoms with Crippen LogP contribution in [0.15, 0.2) is 65.6 Å². The number of rotatable bonds is 13. The molecular formula is C26H37N3O4S. The summed E-state index contributed by atoms with van der Waals surface area (Å²) in [6.07, 6.45) is 1.80. The van der Waals surface area contributed by atoms with Gasteiger partial charge in [-0.25, -0.2) is 12.7 Å². The van der Waals surface area contributed by atoms with Gasteiger partial charge in [-0.05, 0) is 43.9 Å². The Kier molecular flexibility index (Phi) is 10.7. The van der Waals surface area contributed by atoms with E-state index in [9.17, 15) is 18.0 Å². The maximum Gasteiger partial charge on any atom is 0.243 e. The zero-order chi connectivity index (χ0) is 25.1. The van der Waals surface area contributed by atoms with Crippen molar-refractivity contribution in [2.24, 2.45) is 0 Å². The number of sulfonamides is 1. The van der Waals surface area contributed by atoms with Crippen LogP contribution in [-0.4, -0.2) is 55.1 Å². The number of carbonyl (C=O) groups is 2. The maximum atomic E-state index is 13.3. The molecule has 2 aromatic carbocycles. The van der Waals surface area contributed by atoms with E-state index in [0.717, 1.165) is 12.0 Å². The Hall–Kier alpha value is -2.71. The molecule has 0 unspecified atom stereocenters. The van der Waals surface area contributed by atoms with Gasteiger partial charge in [0.15, 0.2) is 0 Å². The molecule has 0 aliphatic rings. The normalized spacial score (nSPS) is 13.3. The van der Waals surface area contributed by atoms with Crippen molar-refractivity contribution in [2.45, 2.75) is 70.0 Å². The number of carbonyl (C=O) groups excluding carboxylic acids is 2. The summed E-state index contributed by atoms with van der Waals surface area (Å²) in [5.74, 6) is -0.328. The smallest absolute Gasteiger partial charge is 0.243 e. The minimum absolute atomic E-state index is 0.0204. The van der Waals surface area contributed by atoms with Crippen LogP contribution < -0.4 is 5.32 Å². The summed E-state index contributed by atoms with van der Waals surface area (Å²) in [5, 5.41) is 2.99. The zero-order valence-electron chi connectivity index (χ0n) is 20.6. The molecule has 2 atom stereocenters. The van der Waals surface area contributed by atoms with Crippen LogP contribution in [0.3, 0.4) is 0 Å². The molecule has 0 radical (unpaired) electrons. The Morgan fingerprint density at radius 1 is 0.941 bits per heavy atom. The molecule has 0 aromatic heterocycles. The molecule has 1 N–H and O–H groups in total. The highest BCUT2D eigenvalue weighted by molar-refractivity contribution is 7.89. The summed E-state index contributed by atoms with van der Waals surface area (Å²) >= 11 is 0. The van der Waals surface area contributed by atoms with Gasteiger partial charge in [0.1, 0.15) is 6.04 Å². The summed E-state index contributed by atoms with van der Waals surface area (Å²) in [4.78, 5) is 28.1. The SMILES string of the molecule is CC[C@H](C(=O)N[C@@H](C)CC)N(Cc1ccccc1)C(=O)CCCN(C)S(=O)(=O)c1ccccc1. The van der Waals surface area contributed by atoms with E-state index in [2.05, 4.69) is 5.32 Å². The largest absolute Gasteiger partial charge is 0.352 e. The van der Waals surface area contributed by atoms with Crippen LogP contribution in [0.4, 0.5) is 0 Å². The topological polar surface area (TPSA) is 86.8 Å². The zero-order valence-corrected chi connectivity index (χ0v) is 21.4. The first-order valence-electron chi connectivity index (χ1n) is 11.9. The molecule has 0 heterocycles. The van der Waals surface area contributed by atoms with Crippen LogP contribution in [0.1, 0.15) is 52.0 Å². The van der Waals surface area contributed by atoms with Gasteiger partial charge in [0.25, 0.3) is 0 Å². The van der Waals surface area contributed by atoms with Gasteiger partial charge in [0.2, 0.25) is 21.8 Å². The second-order valence-corrected chi connectivity index (χ2v) is 10.5. The molecule has 2 rings (SSSR count). The average Bonchev–Trinajstić information content (AvgIpc) is 2.84. The molecule has 8 heteroatoms. The molecule has 0 spiro atoms. The van der Waals surface area contributed by atoms with Crippen molar-refractivity contribution in [2.75, 3.05) is 13.6 Å². The lowest BCUT2D eigenvalue weighted by atomic mass is 10.1. The molecule has 186 valence electrons. The quantitative estimate of drug-likeness (QED) is 0.465. The third-order valence-corrected chi connectivity index (χ3v) is 7.77. The van der Waals surface area contributed by atoms with Crippen LogP contribution in [0.25, 0.3) is 0 Å². The minimum Gasteiger partial charge on any atom is -0.352 e. The Labute approximate surface area is 204 Å². The van der Waals surface area contributed by atoms with Crippen molar-refractivity contribution < 1.29 is 18.0 Å². The first-order valence-corrected chi connectivity index (χ1v) is 13.3. The predicted octanol–water partition coefficient (Wildman–Crippen LogP) is 3.81. The van der Waals surface area contributed by atoms with E-state index in [4.69, 9.17) is 0 Å². The Morgan fingerprint density at radius 2 is 1.53 bits per heavy atom. The highest BCUT2D eigenvalue weighted by Crippen LogP contribution is 2.17. The van der Waals surface area contributed by atoms with E-state index in [1.54, 1.807) is 35.2 Å². The van der Waals surface area contributed by atoms with E-state index >= 15 is 0 Å². The lowest BCUT2D eigenvalue weighted by Gasteiger charge is -2.31. The summed E-state index contributed by atoms with van der Waals surface area (Å²) < 4.78 is 26.7. The standard InChI is InChI=1S/C26H37N3O4S/c1-5-21(3)27-26(31)24(6-2)29(20-22-14-9-7-10-15-22)25(30)18-13-19-28(4)34(32,33)23-16-11-8-12-17-23/h7-12,14-17,21,24H,5-6,13,18-20H2,1-4H3,(H,27,31)/t21-,24+/m0/s1. The highest BCUT2D eigenvalue weighted by Gasteiger charge is 2.29. The van der Waals surface area contributed by atoms with Crippen molar-refractivity contribution >= 4 is 21.8 Å². The third-order valence-electron chi connectivity index (χ3n) is 5.90. The van der Waals surface area contributed by atoms with Crippen molar-refractivity contribution in [1.82, 2.24) is 14.5 Å². The van der Waals surface area contributed by atoms with Crippen molar-refractivity contribution in [1.29, 1.82) is 0 Å². The predicted molar refractivity (Wildman–Crippen MR) is 134 cm³/mol. The number of amides is 2. The number of nitrogens with one attached hydrogen (secondary N) is 1. The Bertz CT molecular complexity index is 1010. The van der Waals surface area contributed by atoms with Crippen LogP contribution in [0, 0.1) is 0 Å². The molecule has 0 aliphatic carbocycles. The molecular weight excluding hydrogens is 450 g/mol. The second kappa shape index (κ2) is 13.2. The van der Waals surface area contributed by atoms with Crippen LogP contribution >= 0.6 is 0 Å². The fraction of sp³-hybridized carbons (Fsp3) is 0.462. The molecule has 7 nitrogen and oxygen atoms in total. The number of benzene rings is 2. The summed E-state index contributed by atoms with van der Waals surface area (Å²) in [5.41, 5.74) is 0.939. The van der Waals surface area contributed by atoms with Crippen LogP contribution in [0.5, 0.6) is 0 Å². The van der Waals surface area contributed by atoms with E-state index in [1.807, 2.05) is 51.1 Å². The molecule has 0 aliphatic heterocycles. The molecule has 0 bridgehead atoms. The van der Waals surface area contributed by atoms with Crippen LogP contribution in [-0.2, 0) is 26.2 Å². The van der Waals surface area contributed by atoms with Crippen molar-refractivity contribution in [3.63, 3.8) is 0 Å². The summed E-state index contributed by atoms with van der Waals surface area (Å²) in [6.45, 7) is 6.37. The Balaban J connectivity index is 2.10. The molecule has 0 fully saturated rings. The monoisotopic (exact) mass is 487 g/mol. The minimum atomic E-state index is -3.61. The highest BCUT2D eigenvalue weighted by atomic mass is 32.2. The van der Waals surface area contributed by atoms with Gasteiger partial charge in [-0.15, -0.1) is 0 Å². The van der Waals surface area contributed by atoms with Gasteiger partial charge >= 0.3 is 0 Å². The van der Waals surface area contributed by atoms with Crippen molar-refractivity contribution in [3.05, 3.63) is 66.2 Å².